The molecule has 1 aliphatic rings. The van der Waals surface area contributed by atoms with Crippen LogP contribution in [0.4, 0.5) is 5.82 Å². The van der Waals surface area contributed by atoms with Crippen LogP contribution in [0.15, 0.2) is 18.3 Å². The largest absolute Gasteiger partial charge is 0.496 e. The molecule has 0 saturated carbocycles. The fraction of sp³-hybridized carbons (Fsp3) is 0.286. The average Bonchev–Trinajstić information content (AvgIpc) is 2.79. The number of nitrogens with two attached hydrogens (primary N) is 1. The second-order valence-electron chi connectivity index (χ2n) is 4.72. The van der Waals surface area contributed by atoms with Crippen LogP contribution in [0.2, 0.25) is 0 Å². The van der Waals surface area contributed by atoms with Crippen LogP contribution in [0.1, 0.15) is 12.5 Å². The summed E-state index contributed by atoms with van der Waals surface area (Å²) in [5, 5.41) is 0. The summed E-state index contributed by atoms with van der Waals surface area (Å²) >= 11 is 2.10. The van der Waals surface area contributed by atoms with E-state index in [1.165, 1.54) is 0 Å². The normalized spacial score (nSPS) is 16.6. The first kappa shape index (κ1) is 13.4. The zero-order valence-corrected chi connectivity index (χ0v) is 13.3. The Morgan fingerprint density at radius 3 is 2.95 bits per heavy atom. The lowest BCUT2D eigenvalue weighted by molar-refractivity contribution is 0.254. The number of methoxy groups -OCH3 is 1. The number of nitrogen functional groups attached to an aromatic ring is 1. The van der Waals surface area contributed by atoms with Crippen molar-refractivity contribution in [3.05, 3.63) is 27.5 Å². The zero-order chi connectivity index (χ0) is 14.3. The van der Waals surface area contributed by atoms with Gasteiger partial charge in [-0.3, -0.25) is 0 Å². The third-order valence-corrected chi connectivity index (χ3v) is 4.06. The second kappa shape index (κ2) is 5.08. The Labute approximate surface area is 130 Å². The van der Waals surface area contributed by atoms with Gasteiger partial charge >= 0.3 is 0 Å². The third-order valence-electron chi connectivity index (χ3n) is 3.23. The van der Waals surface area contributed by atoms with Gasteiger partial charge in [-0.1, -0.05) is 0 Å². The van der Waals surface area contributed by atoms with Crippen molar-refractivity contribution < 1.29 is 9.47 Å². The van der Waals surface area contributed by atoms with Gasteiger partial charge in [0.15, 0.2) is 5.82 Å². The molecule has 1 atom stereocenters. The van der Waals surface area contributed by atoms with Gasteiger partial charge in [0.25, 0.3) is 0 Å². The van der Waals surface area contributed by atoms with E-state index in [0.717, 1.165) is 32.6 Å². The lowest BCUT2D eigenvalue weighted by atomic mass is 10.1. The van der Waals surface area contributed by atoms with Crippen molar-refractivity contribution >= 4 is 28.4 Å². The molecule has 104 valence electrons. The molecule has 0 radical (unpaired) electrons. The fourth-order valence-corrected chi connectivity index (χ4v) is 2.55. The molecular weight excluding hydrogens is 369 g/mol. The van der Waals surface area contributed by atoms with Crippen molar-refractivity contribution in [2.45, 2.75) is 19.4 Å². The number of aromatic nitrogens is 2. The molecule has 0 saturated heterocycles. The van der Waals surface area contributed by atoms with Gasteiger partial charge in [-0.25, -0.2) is 9.97 Å². The summed E-state index contributed by atoms with van der Waals surface area (Å²) in [5.74, 6) is 2.62. The molecule has 5 nitrogen and oxygen atoms in total. The quantitative estimate of drug-likeness (QED) is 0.808. The first-order valence-corrected chi connectivity index (χ1v) is 7.32. The van der Waals surface area contributed by atoms with Crippen molar-refractivity contribution in [3.63, 3.8) is 0 Å². The van der Waals surface area contributed by atoms with E-state index in [9.17, 15) is 0 Å². The third kappa shape index (κ3) is 2.28. The first-order chi connectivity index (χ1) is 9.58. The highest BCUT2D eigenvalue weighted by molar-refractivity contribution is 14.1. The molecule has 1 aliphatic heterocycles. The zero-order valence-electron chi connectivity index (χ0n) is 11.2. The Balaban J connectivity index is 2.13. The maximum Gasteiger partial charge on any atom is 0.165 e. The standard InChI is InChI=1S/C14H14IN3O2/c1-7-3-8-4-12(19-2)9(5-11(8)20-7)14-17-6-10(15)13(16)18-14/h4-7H,3H2,1-2H3,(H2,16,17,18). The number of benzene rings is 1. The summed E-state index contributed by atoms with van der Waals surface area (Å²) in [7, 11) is 1.64. The molecule has 1 aromatic carbocycles. The topological polar surface area (TPSA) is 70.3 Å². The van der Waals surface area contributed by atoms with Crippen molar-refractivity contribution in [3.8, 4) is 22.9 Å². The Morgan fingerprint density at radius 1 is 1.45 bits per heavy atom. The predicted octanol–water partition coefficient (Wildman–Crippen LogP) is 2.66. The van der Waals surface area contributed by atoms with Gasteiger partial charge in [0, 0.05) is 18.2 Å². The van der Waals surface area contributed by atoms with Gasteiger partial charge in [-0.15, -0.1) is 0 Å². The van der Waals surface area contributed by atoms with Crippen molar-refractivity contribution in [1.29, 1.82) is 0 Å². The number of hydrogen-bond donors (Lipinski definition) is 1. The molecule has 0 bridgehead atoms. The average molecular weight is 383 g/mol. The number of nitrogens with zero attached hydrogens (tertiary/aromatic N) is 2. The molecule has 2 heterocycles. The van der Waals surface area contributed by atoms with Crippen LogP contribution in [0.5, 0.6) is 11.5 Å². The minimum Gasteiger partial charge on any atom is -0.496 e. The lowest BCUT2D eigenvalue weighted by Crippen LogP contribution is -2.05. The molecule has 2 N–H and O–H groups in total. The van der Waals surface area contributed by atoms with Gasteiger partial charge < -0.3 is 15.2 Å². The van der Waals surface area contributed by atoms with E-state index in [0.29, 0.717) is 11.6 Å². The number of halogens is 1. The van der Waals surface area contributed by atoms with Crippen LogP contribution in [0, 0.1) is 3.57 Å². The van der Waals surface area contributed by atoms with E-state index >= 15 is 0 Å². The number of ether oxygens (including phenoxy) is 2. The summed E-state index contributed by atoms with van der Waals surface area (Å²) in [6.07, 6.45) is 2.78. The lowest BCUT2D eigenvalue weighted by Gasteiger charge is -2.10. The summed E-state index contributed by atoms with van der Waals surface area (Å²) in [6.45, 7) is 2.05. The van der Waals surface area contributed by atoms with Crippen molar-refractivity contribution in [2.75, 3.05) is 12.8 Å². The summed E-state index contributed by atoms with van der Waals surface area (Å²) in [4.78, 5) is 8.65. The van der Waals surface area contributed by atoms with Crippen LogP contribution in [0.3, 0.4) is 0 Å². The van der Waals surface area contributed by atoms with E-state index < -0.39 is 0 Å². The fourth-order valence-electron chi connectivity index (χ4n) is 2.29. The Morgan fingerprint density at radius 2 is 2.25 bits per heavy atom. The molecule has 6 heteroatoms. The molecule has 0 amide bonds. The SMILES string of the molecule is COc1cc2c(cc1-c1ncc(I)c(N)n1)OC(C)C2. The molecule has 3 rings (SSSR count). The van der Waals surface area contributed by atoms with Crippen LogP contribution in [0.25, 0.3) is 11.4 Å². The second-order valence-corrected chi connectivity index (χ2v) is 5.88. The number of anilines is 1. The summed E-state index contributed by atoms with van der Waals surface area (Å²) in [6, 6.07) is 3.92. The van der Waals surface area contributed by atoms with Crippen molar-refractivity contribution in [1.82, 2.24) is 9.97 Å². The van der Waals surface area contributed by atoms with E-state index in [1.807, 2.05) is 19.1 Å². The van der Waals surface area contributed by atoms with E-state index in [4.69, 9.17) is 15.2 Å². The Hall–Kier alpha value is -1.57. The molecule has 1 aromatic heterocycles. The van der Waals surface area contributed by atoms with Crippen molar-refractivity contribution in [2.24, 2.45) is 0 Å². The molecule has 1 unspecified atom stereocenters. The molecular formula is C14H14IN3O2. The van der Waals surface area contributed by atoms with Crippen LogP contribution in [-0.4, -0.2) is 23.2 Å². The Kier molecular flexibility index (Phi) is 3.41. The molecule has 20 heavy (non-hydrogen) atoms. The molecule has 0 aliphatic carbocycles. The monoisotopic (exact) mass is 383 g/mol. The maximum atomic E-state index is 5.85. The van der Waals surface area contributed by atoms with Crippen LogP contribution < -0.4 is 15.2 Å². The first-order valence-electron chi connectivity index (χ1n) is 6.24. The summed E-state index contributed by atoms with van der Waals surface area (Å²) in [5.41, 5.74) is 7.80. The van der Waals surface area contributed by atoms with Gasteiger partial charge in [0.05, 0.1) is 16.2 Å². The minimum atomic E-state index is 0.188. The highest BCUT2D eigenvalue weighted by Gasteiger charge is 2.23. The molecule has 2 aromatic rings. The highest BCUT2D eigenvalue weighted by Crippen LogP contribution is 2.39. The van der Waals surface area contributed by atoms with E-state index in [1.54, 1.807) is 13.3 Å². The van der Waals surface area contributed by atoms with E-state index in [-0.39, 0.29) is 6.10 Å². The molecule has 0 fully saturated rings. The number of rotatable bonds is 2. The predicted molar refractivity (Wildman–Crippen MR) is 84.9 cm³/mol. The van der Waals surface area contributed by atoms with Gasteiger partial charge in [-0.05, 0) is 41.6 Å². The van der Waals surface area contributed by atoms with Crippen LogP contribution >= 0.6 is 22.6 Å². The van der Waals surface area contributed by atoms with Gasteiger partial charge in [0.1, 0.15) is 23.4 Å². The highest BCUT2D eigenvalue weighted by atomic mass is 127. The molecule has 0 spiro atoms. The smallest absolute Gasteiger partial charge is 0.165 e. The van der Waals surface area contributed by atoms with E-state index in [2.05, 4.69) is 32.6 Å². The minimum absolute atomic E-state index is 0.188. The number of hydrogen-bond acceptors (Lipinski definition) is 5. The van der Waals surface area contributed by atoms with Gasteiger partial charge in [-0.2, -0.15) is 0 Å². The summed E-state index contributed by atoms with van der Waals surface area (Å²) < 4.78 is 12.1. The van der Waals surface area contributed by atoms with Gasteiger partial charge in [0.2, 0.25) is 0 Å². The Bertz CT molecular complexity index is 676. The van der Waals surface area contributed by atoms with Crippen LogP contribution in [-0.2, 0) is 6.42 Å². The number of fused-ring (bicyclic) bond motifs is 1. The maximum absolute atomic E-state index is 5.85.